The number of nitrogens with one attached hydrogen (secondary N) is 1. The summed E-state index contributed by atoms with van der Waals surface area (Å²) in [6, 6.07) is 7.43. The van der Waals surface area contributed by atoms with Crippen LogP contribution in [0.15, 0.2) is 24.3 Å². The maximum atomic E-state index is 12.1. The van der Waals surface area contributed by atoms with E-state index >= 15 is 0 Å². The second kappa shape index (κ2) is 6.33. The fourth-order valence-corrected chi connectivity index (χ4v) is 2.29. The Balaban J connectivity index is 0.00000147. The minimum atomic E-state index is -0.595. The van der Waals surface area contributed by atoms with Crippen LogP contribution in [0.3, 0.4) is 0 Å². The molecule has 6 heteroatoms. The average Bonchev–Trinajstić information content (AvgIpc) is 3.28. The molecule has 3 rings (SSSR count). The van der Waals surface area contributed by atoms with Crippen molar-refractivity contribution in [2.45, 2.75) is 25.0 Å². The molecule has 1 heterocycles. The lowest BCUT2D eigenvalue weighted by Crippen LogP contribution is -2.50. The van der Waals surface area contributed by atoms with E-state index in [1.54, 1.807) is 6.07 Å². The highest BCUT2D eigenvalue weighted by molar-refractivity contribution is 5.85. The molecule has 0 bridgehead atoms. The summed E-state index contributed by atoms with van der Waals surface area (Å²) in [4.78, 5) is 12.1. The normalized spacial score (nSPS) is 21.6. The molecule has 0 radical (unpaired) electrons. The van der Waals surface area contributed by atoms with Crippen molar-refractivity contribution in [2.75, 3.05) is 13.2 Å². The number of ether oxygens (including phenoxy) is 2. The van der Waals surface area contributed by atoms with Crippen molar-refractivity contribution in [3.63, 3.8) is 0 Å². The topological polar surface area (TPSA) is 73.6 Å². The Morgan fingerprint density at radius 3 is 2.70 bits per heavy atom. The zero-order valence-electron chi connectivity index (χ0n) is 11.1. The van der Waals surface area contributed by atoms with Gasteiger partial charge in [-0.05, 0) is 30.9 Å². The SMILES string of the molecule is Cl.NCC(NC(=O)C1COc2ccccc2O1)C1CC1. The Labute approximate surface area is 124 Å². The monoisotopic (exact) mass is 298 g/mol. The van der Waals surface area contributed by atoms with Crippen LogP contribution in [0.2, 0.25) is 0 Å². The third-order valence-corrected chi connectivity index (χ3v) is 3.57. The summed E-state index contributed by atoms with van der Waals surface area (Å²) >= 11 is 0. The highest BCUT2D eigenvalue weighted by atomic mass is 35.5. The Morgan fingerprint density at radius 2 is 2.05 bits per heavy atom. The maximum absolute atomic E-state index is 12.1. The van der Waals surface area contributed by atoms with Gasteiger partial charge in [0.1, 0.15) is 6.61 Å². The fourth-order valence-electron chi connectivity index (χ4n) is 2.29. The number of hydrogen-bond donors (Lipinski definition) is 2. The van der Waals surface area contributed by atoms with Crippen LogP contribution in [0.25, 0.3) is 0 Å². The third-order valence-electron chi connectivity index (χ3n) is 3.57. The molecule has 110 valence electrons. The van der Waals surface area contributed by atoms with Crippen molar-refractivity contribution in [1.82, 2.24) is 5.32 Å². The lowest BCUT2D eigenvalue weighted by atomic mass is 10.1. The van der Waals surface area contributed by atoms with Gasteiger partial charge in [0.05, 0.1) is 0 Å². The molecule has 1 aromatic carbocycles. The van der Waals surface area contributed by atoms with Gasteiger partial charge in [-0.3, -0.25) is 4.79 Å². The number of rotatable bonds is 4. The van der Waals surface area contributed by atoms with Gasteiger partial charge < -0.3 is 20.5 Å². The minimum absolute atomic E-state index is 0. The molecule has 1 fully saturated rings. The number of nitrogens with two attached hydrogens (primary N) is 1. The number of fused-ring (bicyclic) bond motifs is 1. The average molecular weight is 299 g/mol. The van der Waals surface area contributed by atoms with Gasteiger partial charge in [-0.25, -0.2) is 0 Å². The summed E-state index contributed by atoms with van der Waals surface area (Å²) in [5.74, 6) is 1.69. The highest BCUT2D eigenvalue weighted by Gasteiger charge is 2.34. The van der Waals surface area contributed by atoms with Crippen LogP contribution >= 0.6 is 12.4 Å². The molecule has 5 nitrogen and oxygen atoms in total. The summed E-state index contributed by atoms with van der Waals surface area (Å²) in [6.45, 7) is 0.714. The molecule has 1 saturated carbocycles. The molecule has 3 N–H and O–H groups in total. The number of carbonyl (C=O) groups is 1. The molecule has 2 aliphatic rings. The van der Waals surface area contributed by atoms with Crippen LogP contribution < -0.4 is 20.5 Å². The summed E-state index contributed by atoms with van der Waals surface area (Å²) in [5.41, 5.74) is 5.68. The number of para-hydroxylation sites is 2. The van der Waals surface area contributed by atoms with Gasteiger partial charge in [0.25, 0.3) is 5.91 Å². The smallest absolute Gasteiger partial charge is 0.264 e. The quantitative estimate of drug-likeness (QED) is 0.873. The molecular formula is C14H19ClN2O3. The summed E-state index contributed by atoms with van der Waals surface area (Å²) in [7, 11) is 0. The molecule has 1 amide bonds. The van der Waals surface area contributed by atoms with Crippen molar-refractivity contribution in [3.8, 4) is 11.5 Å². The van der Waals surface area contributed by atoms with Crippen LogP contribution in [0, 0.1) is 5.92 Å². The van der Waals surface area contributed by atoms with Crippen molar-refractivity contribution in [3.05, 3.63) is 24.3 Å². The standard InChI is InChI=1S/C14H18N2O3.ClH/c15-7-10(9-5-6-9)16-14(17)13-8-18-11-3-1-2-4-12(11)19-13;/h1-4,9-10,13H,5-8,15H2,(H,16,17);1H. The van der Waals surface area contributed by atoms with Crippen LogP contribution in [0.4, 0.5) is 0 Å². The van der Waals surface area contributed by atoms with Crippen LogP contribution in [0.5, 0.6) is 11.5 Å². The van der Waals surface area contributed by atoms with E-state index in [2.05, 4.69) is 5.32 Å². The molecule has 20 heavy (non-hydrogen) atoms. The highest BCUT2D eigenvalue weighted by Crippen LogP contribution is 2.33. The van der Waals surface area contributed by atoms with E-state index in [4.69, 9.17) is 15.2 Å². The van der Waals surface area contributed by atoms with E-state index in [1.165, 1.54) is 0 Å². The second-order valence-electron chi connectivity index (χ2n) is 5.05. The molecule has 1 aliphatic heterocycles. The third kappa shape index (κ3) is 3.16. The lowest BCUT2D eigenvalue weighted by molar-refractivity contribution is -0.131. The predicted octanol–water partition coefficient (Wildman–Crippen LogP) is 1.10. The van der Waals surface area contributed by atoms with Crippen molar-refractivity contribution in [2.24, 2.45) is 11.7 Å². The second-order valence-corrected chi connectivity index (χ2v) is 5.05. The van der Waals surface area contributed by atoms with Gasteiger partial charge in [-0.1, -0.05) is 12.1 Å². The minimum Gasteiger partial charge on any atom is -0.485 e. The zero-order valence-corrected chi connectivity index (χ0v) is 11.9. The van der Waals surface area contributed by atoms with Crippen molar-refractivity contribution in [1.29, 1.82) is 0 Å². The molecule has 2 unspecified atom stereocenters. The summed E-state index contributed by atoms with van der Waals surface area (Å²) in [6.07, 6.45) is 1.70. The molecular weight excluding hydrogens is 280 g/mol. The number of carbonyl (C=O) groups excluding carboxylic acids is 1. The Hall–Kier alpha value is -1.46. The molecule has 1 aliphatic carbocycles. The molecule has 1 aromatic rings. The van der Waals surface area contributed by atoms with Gasteiger partial charge in [-0.2, -0.15) is 0 Å². The van der Waals surface area contributed by atoms with Gasteiger partial charge in [0.2, 0.25) is 6.10 Å². The van der Waals surface area contributed by atoms with Crippen molar-refractivity contribution >= 4 is 18.3 Å². The molecule has 0 spiro atoms. The molecule has 0 saturated heterocycles. The van der Waals surface area contributed by atoms with E-state index < -0.39 is 6.10 Å². The Morgan fingerprint density at radius 1 is 1.35 bits per heavy atom. The van der Waals surface area contributed by atoms with Gasteiger partial charge in [0, 0.05) is 12.6 Å². The Kier molecular flexibility index (Phi) is 4.73. The number of benzene rings is 1. The van der Waals surface area contributed by atoms with E-state index in [1.807, 2.05) is 18.2 Å². The predicted molar refractivity (Wildman–Crippen MR) is 77.3 cm³/mol. The first-order chi connectivity index (χ1) is 9.28. The van der Waals surface area contributed by atoms with Crippen molar-refractivity contribution < 1.29 is 14.3 Å². The summed E-state index contributed by atoms with van der Waals surface area (Å²) in [5, 5.41) is 2.96. The molecule has 0 aromatic heterocycles. The van der Waals surface area contributed by atoms with Gasteiger partial charge in [-0.15, -0.1) is 12.4 Å². The van der Waals surface area contributed by atoms with Gasteiger partial charge >= 0.3 is 0 Å². The van der Waals surface area contributed by atoms with Crippen LogP contribution in [0.1, 0.15) is 12.8 Å². The fraction of sp³-hybridized carbons (Fsp3) is 0.500. The van der Waals surface area contributed by atoms with E-state index in [-0.39, 0.29) is 31.0 Å². The van der Waals surface area contributed by atoms with Crippen LogP contribution in [-0.2, 0) is 4.79 Å². The number of hydrogen-bond acceptors (Lipinski definition) is 4. The van der Waals surface area contributed by atoms with Crippen LogP contribution in [-0.4, -0.2) is 31.2 Å². The first kappa shape index (κ1) is 14.9. The van der Waals surface area contributed by atoms with E-state index in [0.717, 1.165) is 12.8 Å². The number of halogens is 1. The van der Waals surface area contributed by atoms with Gasteiger partial charge in [0.15, 0.2) is 11.5 Å². The number of amides is 1. The molecule has 2 atom stereocenters. The lowest BCUT2D eigenvalue weighted by Gasteiger charge is -2.27. The largest absolute Gasteiger partial charge is 0.485 e. The zero-order chi connectivity index (χ0) is 13.2. The maximum Gasteiger partial charge on any atom is 0.264 e. The first-order valence-electron chi connectivity index (χ1n) is 6.67. The van der Waals surface area contributed by atoms with E-state index in [0.29, 0.717) is 24.0 Å². The summed E-state index contributed by atoms with van der Waals surface area (Å²) < 4.78 is 11.2. The van der Waals surface area contributed by atoms with E-state index in [9.17, 15) is 4.79 Å². The Bertz CT molecular complexity index is 479. The first-order valence-corrected chi connectivity index (χ1v) is 6.67.